The molecule has 6 N–H and O–H groups in total. The van der Waals surface area contributed by atoms with Crippen LogP contribution < -0.4 is 5.32 Å². The van der Waals surface area contributed by atoms with E-state index < -0.39 is 42.3 Å². The van der Waals surface area contributed by atoms with Crippen LogP contribution in [0.1, 0.15) is 74.9 Å². The van der Waals surface area contributed by atoms with E-state index in [0.717, 1.165) is 33.6 Å². The van der Waals surface area contributed by atoms with Crippen LogP contribution >= 0.6 is 0 Å². The van der Waals surface area contributed by atoms with Gasteiger partial charge in [0.15, 0.2) is 0 Å². The summed E-state index contributed by atoms with van der Waals surface area (Å²) in [5.41, 5.74) is 4.69. The molecule has 6 rings (SSSR count). The highest BCUT2D eigenvalue weighted by Gasteiger charge is 2.43. The number of likely N-dealkylation sites (tertiary alicyclic amines) is 2. The van der Waals surface area contributed by atoms with Crippen molar-refractivity contribution in [3.8, 4) is 34.4 Å². The van der Waals surface area contributed by atoms with Crippen LogP contribution in [0.15, 0.2) is 60.9 Å². The van der Waals surface area contributed by atoms with Gasteiger partial charge in [-0.2, -0.15) is 0 Å². The molecular weight excluding hydrogens is 745 g/mol. The number of amides is 4. The van der Waals surface area contributed by atoms with Gasteiger partial charge in [0.25, 0.3) is 0 Å². The van der Waals surface area contributed by atoms with Crippen molar-refractivity contribution in [2.24, 2.45) is 11.8 Å². The van der Waals surface area contributed by atoms with Gasteiger partial charge in [0, 0.05) is 73.7 Å². The van der Waals surface area contributed by atoms with Crippen LogP contribution in [0.5, 0.6) is 0 Å². The van der Waals surface area contributed by atoms with Crippen molar-refractivity contribution < 1.29 is 39.2 Å². The average Bonchev–Trinajstić information content (AvgIpc) is 4.06. The van der Waals surface area contributed by atoms with E-state index in [1.165, 1.54) is 19.1 Å². The van der Waals surface area contributed by atoms with Crippen molar-refractivity contribution in [2.75, 3.05) is 33.9 Å². The molecule has 4 heterocycles. The fourth-order valence-electron chi connectivity index (χ4n) is 7.64. The summed E-state index contributed by atoms with van der Waals surface area (Å²) in [6.07, 6.45) is 2.62. The van der Waals surface area contributed by atoms with Crippen molar-refractivity contribution in [3.63, 3.8) is 0 Å². The van der Waals surface area contributed by atoms with Gasteiger partial charge in [-0.05, 0) is 43.0 Å². The summed E-state index contributed by atoms with van der Waals surface area (Å²) in [6.45, 7) is 5.59. The number of carboxylic acid groups (broad SMARTS) is 1. The molecule has 2 aromatic heterocycles. The molecule has 4 aromatic rings. The molecule has 4 amide bonds. The molecule has 58 heavy (non-hydrogen) atoms. The molecule has 2 fully saturated rings. The van der Waals surface area contributed by atoms with Gasteiger partial charge in [0.1, 0.15) is 23.7 Å². The number of carbonyl (C=O) groups is 4. The number of H-pyrrole nitrogens is 2. The number of hydrogen-bond donors (Lipinski definition) is 6. The number of benzene rings is 2. The Bertz CT molecular complexity index is 2150. The summed E-state index contributed by atoms with van der Waals surface area (Å²) >= 11 is 0. The average molecular weight is 795 g/mol. The number of carbonyl (C=O) groups excluding carboxylic acids is 3. The Morgan fingerprint density at radius 1 is 0.897 bits per heavy atom. The molecule has 0 aliphatic carbocycles. The second-order valence-electron chi connectivity index (χ2n) is 15.2. The largest absolute Gasteiger partial charge is 0.465 e. The molecule has 0 bridgehead atoms. The first-order valence-corrected chi connectivity index (χ1v) is 19.3. The van der Waals surface area contributed by atoms with E-state index in [1.807, 2.05) is 48.5 Å². The van der Waals surface area contributed by atoms with Crippen LogP contribution in [0, 0.1) is 23.7 Å². The second-order valence-corrected chi connectivity index (χ2v) is 15.2. The maximum Gasteiger partial charge on any atom is 0.407 e. The van der Waals surface area contributed by atoms with Crippen molar-refractivity contribution in [3.05, 3.63) is 83.7 Å². The Kier molecular flexibility index (Phi) is 12.8. The van der Waals surface area contributed by atoms with E-state index in [4.69, 9.17) is 14.7 Å². The van der Waals surface area contributed by atoms with Gasteiger partial charge in [-0.1, -0.05) is 56.9 Å². The van der Waals surface area contributed by atoms with Crippen LogP contribution in [0.2, 0.25) is 0 Å². The molecule has 0 spiro atoms. The lowest BCUT2D eigenvalue weighted by molar-refractivity contribution is -0.139. The summed E-state index contributed by atoms with van der Waals surface area (Å²) in [4.78, 5) is 71.0. The van der Waals surface area contributed by atoms with Crippen LogP contribution in [-0.2, 0) is 14.3 Å². The maximum atomic E-state index is 13.6. The zero-order chi connectivity index (χ0) is 41.7. The number of imidazole rings is 2. The molecule has 0 radical (unpaired) electrons. The Balaban J connectivity index is 1.09. The Morgan fingerprint density at radius 2 is 1.45 bits per heavy atom. The molecule has 2 saturated heterocycles. The fourth-order valence-corrected chi connectivity index (χ4v) is 7.64. The van der Waals surface area contributed by atoms with Crippen molar-refractivity contribution in [2.45, 2.75) is 70.3 Å². The number of alkyl carbamates (subject to hydrolysis) is 1. The number of methoxy groups -OCH3 is 1. The highest BCUT2D eigenvalue weighted by Crippen LogP contribution is 2.35. The number of aromatic amines is 2. The van der Waals surface area contributed by atoms with Gasteiger partial charge >= 0.3 is 12.2 Å². The molecule has 2 unspecified atom stereocenters. The lowest BCUT2D eigenvalue weighted by Gasteiger charge is -2.33. The minimum absolute atomic E-state index is 0.0892. The smallest absolute Gasteiger partial charge is 0.407 e. The number of nitrogens with zero attached hydrogens (tertiary/aromatic N) is 5. The van der Waals surface area contributed by atoms with Gasteiger partial charge < -0.3 is 45.1 Å². The number of ether oxygens (including phenoxy) is 1. The van der Waals surface area contributed by atoms with Crippen LogP contribution in [-0.4, -0.2) is 126 Å². The van der Waals surface area contributed by atoms with Gasteiger partial charge in [0.2, 0.25) is 11.8 Å². The first kappa shape index (κ1) is 41.5. The predicted octanol–water partition coefficient (Wildman–Crippen LogP) is 4.15. The number of aromatic nitrogens is 4. The van der Waals surface area contributed by atoms with E-state index in [9.17, 15) is 34.5 Å². The molecule has 306 valence electrons. The van der Waals surface area contributed by atoms with Gasteiger partial charge in [-0.3, -0.25) is 14.5 Å². The third-order valence-corrected chi connectivity index (χ3v) is 10.8. The first-order valence-electron chi connectivity index (χ1n) is 19.3. The zero-order valence-corrected chi connectivity index (χ0v) is 33.2. The van der Waals surface area contributed by atoms with E-state index in [2.05, 4.69) is 27.1 Å². The second kappa shape index (κ2) is 18.0. The Hall–Kier alpha value is -6.18. The summed E-state index contributed by atoms with van der Waals surface area (Å²) in [5, 5.41) is 32.4. The summed E-state index contributed by atoms with van der Waals surface area (Å²) in [7, 11) is 2.61. The summed E-state index contributed by atoms with van der Waals surface area (Å²) in [5.74, 6) is 6.10. The normalized spacial score (nSPS) is 19.3. The minimum atomic E-state index is -1.20. The highest BCUT2D eigenvalue weighted by atomic mass is 16.5. The maximum absolute atomic E-state index is 13.6. The van der Waals surface area contributed by atoms with Crippen LogP contribution in [0.25, 0.3) is 22.5 Å². The topological polar surface area (TPSA) is 217 Å². The summed E-state index contributed by atoms with van der Waals surface area (Å²) in [6, 6.07) is 12.6. The van der Waals surface area contributed by atoms with Crippen molar-refractivity contribution in [1.29, 1.82) is 0 Å². The third kappa shape index (κ3) is 9.01. The molecule has 2 aliphatic rings. The Labute approximate surface area is 336 Å². The van der Waals surface area contributed by atoms with Gasteiger partial charge in [-0.25, -0.2) is 19.6 Å². The lowest BCUT2D eigenvalue weighted by atomic mass is 10.0. The minimum Gasteiger partial charge on any atom is -0.465 e. The molecule has 6 atom stereocenters. The molecule has 0 saturated carbocycles. The van der Waals surface area contributed by atoms with E-state index in [1.54, 1.807) is 38.1 Å². The van der Waals surface area contributed by atoms with E-state index in [0.29, 0.717) is 36.0 Å². The molecule has 2 aliphatic heterocycles. The number of rotatable bonds is 11. The zero-order valence-electron chi connectivity index (χ0n) is 33.2. The number of aliphatic hydroxyl groups is 2. The predicted molar refractivity (Wildman–Crippen MR) is 213 cm³/mol. The van der Waals surface area contributed by atoms with Gasteiger partial charge in [-0.15, -0.1) is 0 Å². The number of hydrogen-bond acceptors (Lipinski definition) is 9. The SMILES string of the molecule is COC(=O)N[C@H](C(=O)N1CCCC1c1nc(-c2ccc(C#Cc3ccc(-c4c[nH]c([C@@H]5C[C@H](O)CN5C(=O)[C@H](C(C)C)N(C)C(=O)O)n4)cc3)cc2)c[nH]1)C(C)CO. The Morgan fingerprint density at radius 3 is 1.95 bits per heavy atom. The molecule has 16 nitrogen and oxygen atoms in total. The third-order valence-electron chi connectivity index (χ3n) is 10.8. The standard InChI is InChI=1S/C42H50N8O8/c1-24(2)36(48(4)42(56)57)40(54)50-22-30(52)19-34(50)38-44-21-32(46-38)29-16-12-27(13-17-29)9-8-26-10-14-28(15-11-26)31-20-43-37(45-31)33-7-6-18-49(33)39(53)35(25(3)23-51)47-41(55)58-5/h10-17,20-21,24-25,30,33-36,51-52H,6-7,18-19,22-23H2,1-5H3,(H,43,45)(H,44,46)(H,47,55)(H,56,57)/t25?,30-,33?,34-,35-,36-/m0/s1. The fraction of sp³-hybridized carbons (Fsp3) is 0.429. The summed E-state index contributed by atoms with van der Waals surface area (Å²) < 4.78 is 4.70. The number of likely N-dealkylation sites (N-methyl/N-ethyl adjacent to an activating group) is 1. The first-order chi connectivity index (χ1) is 27.8. The lowest BCUT2D eigenvalue weighted by Crippen LogP contribution is -2.52. The number of aliphatic hydroxyl groups excluding tert-OH is 2. The number of β-amino-alcohol motifs (C(OH)–C–C–N with tert-alkyl or cyclic N) is 1. The van der Waals surface area contributed by atoms with Crippen molar-refractivity contribution >= 4 is 24.0 Å². The van der Waals surface area contributed by atoms with E-state index in [-0.39, 0.29) is 43.3 Å². The quantitative estimate of drug-likeness (QED) is 0.119. The van der Waals surface area contributed by atoms with Gasteiger partial charge in [0.05, 0.1) is 36.7 Å². The van der Waals surface area contributed by atoms with Crippen LogP contribution in [0.4, 0.5) is 9.59 Å². The highest BCUT2D eigenvalue weighted by molar-refractivity contribution is 5.87. The molecular formula is C42H50N8O8. The van der Waals surface area contributed by atoms with Crippen LogP contribution in [0.3, 0.4) is 0 Å². The molecule has 2 aromatic carbocycles. The monoisotopic (exact) mass is 794 g/mol. The van der Waals surface area contributed by atoms with Crippen molar-refractivity contribution in [1.82, 2.24) is 40.0 Å². The number of nitrogens with one attached hydrogen (secondary N) is 3. The molecule has 16 heteroatoms. The van der Waals surface area contributed by atoms with E-state index >= 15 is 0 Å².